The maximum atomic E-state index is 12.5. The first-order chi connectivity index (χ1) is 12.0. The highest BCUT2D eigenvalue weighted by Gasteiger charge is 2.26. The molecule has 0 radical (unpaired) electrons. The molecule has 0 unspecified atom stereocenters. The second-order valence-electron chi connectivity index (χ2n) is 6.24. The first-order valence-corrected chi connectivity index (χ1v) is 9.83. The summed E-state index contributed by atoms with van der Waals surface area (Å²) in [6.45, 7) is 6.96. The molecule has 6 nitrogen and oxygen atoms in total. The normalized spacial score (nSPS) is 17.4. The Kier molecular flexibility index (Phi) is 5.36. The van der Waals surface area contributed by atoms with E-state index in [9.17, 15) is 8.42 Å². The summed E-state index contributed by atoms with van der Waals surface area (Å²) in [6, 6.07) is 9.45. The fourth-order valence-corrected chi connectivity index (χ4v) is 4.08. The number of piperazine rings is 1. The number of sulfonamides is 1. The summed E-state index contributed by atoms with van der Waals surface area (Å²) in [7, 11) is -3.39. The van der Waals surface area contributed by atoms with Crippen molar-refractivity contribution in [3.8, 4) is 0 Å². The van der Waals surface area contributed by atoms with E-state index in [4.69, 9.17) is 4.52 Å². The number of benzene rings is 1. The van der Waals surface area contributed by atoms with Crippen LogP contribution in [0.4, 0.5) is 0 Å². The molecule has 1 saturated heterocycles. The van der Waals surface area contributed by atoms with E-state index in [2.05, 4.69) is 10.1 Å². The molecule has 0 saturated carbocycles. The SMILES string of the molecule is Cc1noc(C)c1CN1CCN(S(=O)(=O)C=Cc2ccccc2)CC1. The average Bonchev–Trinajstić information content (AvgIpc) is 2.93. The highest BCUT2D eigenvalue weighted by Crippen LogP contribution is 2.17. The lowest BCUT2D eigenvalue weighted by Crippen LogP contribution is -2.47. The molecule has 0 N–H and O–H groups in total. The van der Waals surface area contributed by atoms with Crippen molar-refractivity contribution in [1.29, 1.82) is 0 Å². The van der Waals surface area contributed by atoms with Gasteiger partial charge in [0.1, 0.15) is 5.76 Å². The summed E-state index contributed by atoms with van der Waals surface area (Å²) >= 11 is 0. The van der Waals surface area contributed by atoms with E-state index in [1.807, 2.05) is 44.2 Å². The van der Waals surface area contributed by atoms with Crippen LogP contribution in [0.2, 0.25) is 0 Å². The van der Waals surface area contributed by atoms with Gasteiger partial charge in [-0.1, -0.05) is 35.5 Å². The second-order valence-corrected chi connectivity index (χ2v) is 8.05. The third kappa shape index (κ3) is 4.36. The molecule has 0 bridgehead atoms. The Balaban J connectivity index is 1.59. The highest BCUT2D eigenvalue weighted by atomic mass is 32.2. The van der Waals surface area contributed by atoms with Crippen molar-refractivity contribution in [3.63, 3.8) is 0 Å². The monoisotopic (exact) mass is 361 g/mol. The van der Waals surface area contributed by atoms with Gasteiger partial charge in [-0.2, -0.15) is 4.31 Å². The third-order valence-corrected chi connectivity index (χ3v) is 6.05. The molecule has 3 rings (SSSR count). The Morgan fingerprint density at radius 2 is 1.80 bits per heavy atom. The molecule has 1 fully saturated rings. The quantitative estimate of drug-likeness (QED) is 0.818. The molecule has 2 heterocycles. The number of hydrogen-bond donors (Lipinski definition) is 0. The Morgan fingerprint density at radius 3 is 2.40 bits per heavy atom. The standard InChI is InChI=1S/C18H23N3O3S/c1-15-18(16(2)24-19-15)14-20-9-11-21(12-10-20)25(22,23)13-8-17-6-4-3-5-7-17/h3-8,13H,9-12,14H2,1-2H3. The molecule has 2 aromatic rings. The number of rotatable bonds is 5. The summed E-state index contributed by atoms with van der Waals surface area (Å²) in [5.74, 6) is 0.832. The van der Waals surface area contributed by atoms with Crippen LogP contribution in [0.5, 0.6) is 0 Å². The van der Waals surface area contributed by atoms with E-state index in [1.54, 1.807) is 6.08 Å². The fourth-order valence-electron chi connectivity index (χ4n) is 2.91. The second kappa shape index (κ2) is 7.51. The van der Waals surface area contributed by atoms with Crippen LogP contribution in [0.3, 0.4) is 0 Å². The van der Waals surface area contributed by atoms with Crippen LogP contribution in [-0.2, 0) is 16.6 Å². The molecule has 0 aliphatic carbocycles. The van der Waals surface area contributed by atoms with Crippen molar-refractivity contribution in [3.05, 3.63) is 58.3 Å². The zero-order chi connectivity index (χ0) is 17.9. The molecule has 1 aliphatic rings. The smallest absolute Gasteiger partial charge is 0.236 e. The molecule has 1 aromatic heterocycles. The first kappa shape index (κ1) is 17.8. The summed E-state index contributed by atoms with van der Waals surface area (Å²) < 4.78 is 31.7. The summed E-state index contributed by atoms with van der Waals surface area (Å²) in [4.78, 5) is 2.24. The zero-order valence-corrected chi connectivity index (χ0v) is 15.4. The minimum absolute atomic E-state index is 0.491. The summed E-state index contributed by atoms with van der Waals surface area (Å²) in [6.07, 6.45) is 1.64. The molecule has 0 amide bonds. The molecule has 0 atom stereocenters. The topological polar surface area (TPSA) is 66.7 Å². The lowest BCUT2D eigenvalue weighted by molar-refractivity contribution is 0.181. The number of hydrogen-bond acceptors (Lipinski definition) is 5. The van der Waals surface area contributed by atoms with Gasteiger partial charge in [0.25, 0.3) is 0 Å². The first-order valence-electron chi connectivity index (χ1n) is 8.33. The minimum atomic E-state index is -3.39. The van der Waals surface area contributed by atoms with E-state index in [1.165, 1.54) is 9.71 Å². The fraction of sp³-hybridized carbons (Fsp3) is 0.389. The maximum absolute atomic E-state index is 12.5. The van der Waals surface area contributed by atoms with Gasteiger partial charge in [0, 0.05) is 43.7 Å². The van der Waals surface area contributed by atoms with Crippen LogP contribution in [0.25, 0.3) is 6.08 Å². The van der Waals surface area contributed by atoms with Crippen molar-refractivity contribution in [2.45, 2.75) is 20.4 Å². The Hall–Kier alpha value is -1.96. The van der Waals surface area contributed by atoms with Crippen LogP contribution in [0, 0.1) is 13.8 Å². The molecular weight excluding hydrogens is 338 g/mol. The Bertz CT molecular complexity index is 816. The number of nitrogens with zero attached hydrogens (tertiary/aromatic N) is 3. The minimum Gasteiger partial charge on any atom is -0.361 e. The summed E-state index contributed by atoms with van der Waals surface area (Å²) in [5, 5.41) is 5.27. The van der Waals surface area contributed by atoms with Gasteiger partial charge in [0.05, 0.1) is 5.69 Å². The van der Waals surface area contributed by atoms with Gasteiger partial charge in [-0.05, 0) is 25.5 Å². The van der Waals surface area contributed by atoms with Gasteiger partial charge in [0.2, 0.25) is 10.0 Å². The Morgan fingerprint density at radius 1 is 1.12 bits per heavy atom. The van der Waals surface area contributed by atoms with E-state index in [0.717, 1.165) is 29.1 Å². The van der Waals surface area contributed by atoms with Crippen LogP contribution in [0.15, 0.2) is 40.3 Å². The molecule has 25 heavy (non-hydrogen) atoms. The summed E-state index contributed by atoms with van der Waals surface area (Å²) in [5.41, 5.74) is 2.88. The van der Waals surface area contributed by atoms with Gasteiger partial charge in [-0.25, -0.2) is 8.42 Å². The maximum Gasteiger partial charge on any atom is 0.236 e. The Labute approximate surface area is 148 Å². The van der Waals surface area contributed by atoms with Crippen LogP contribution in [0.1, 0.15) is 22.6 Å². The predicted molar refractivity (Wildman–Crippen MR) is 97.2 cm³/mol. The van der Waals surface area contributed by atoms with Crippen molar-refractivity contribution >= 4 is 16.1 Å². The lowest BCUT2D eigenvalue weighted by atomic mass is 10.2. The molecule has 7 heteroatoms. The molecular formula is C18H23N3O3S. The van der Waals surface area contributed by atoms with Crippen LogP contribution in [-0.4, -0.2) is 49.0 Å². The van der Waals surface area contributed by atoms with Crippen molar-refractivity contribution < 1.29 is 12.9 Å². The zero-order valence-electron chi connectivity index (χ0n) is 14.6. The molecule has 1 aliphatic heterocycles. The predicted octanol–water partition coefficient (Wildman–Crippen LogP) is 2.41. The van der Waals surface area contributed by atoms with Crippen LogP contribution < -0.4 is 0 Å². The van der Waals surface area contributed by atoms with Gasteiger partial charge < -0.3 is 4.52 Å². The average molecular weight is 361 g/mol. The van der Waals surface area contributed by atoms with E-state index >= 15 is 0 Å². The van der Waals surface area contributed by atoms with E-state index < -0.39 is 10.0 Å². The van der Waals surface area contributed by atoms with Crippen LogP contribution >= 0.6 is 0 Å². The number of aryl methyl sites for hydroxylation is 2. The van der Waals surface area contributed by atoms with Crippen molar-refractivity contribution in [2.24, 2.45) is 0 Å². The largest absolute Gasteiger partial charge is 0.361 e. The molecule has 134 valence electrons. The van der Waals surface area contributed by atoms with Gasteiger partial charge >= 0.3 is 0 Å². The number of aromatic nitrogens is 1. The molecule has 1 aromatic carbocycles. The third-order valence-electron chi connectivity index (χ3n) is 4.49. The van der Waals surface area contributed by atoms with E-state index in [-0.39, 0.29) is 0 Å². The van der Waals surface area contributed by atoms with Gasteiger partial charge in [-0.3, -0.25) is 4.90 Å². The van der Waals surface area contributed by atoms with Gasteiger partial charge in [-0.15, -0.1) is 0 Å². The van der Waals surface area contributed by atoms with Gasteiger partial charge in [0.15, 0.2) is 0 Å². The van der Waals surface area contributed by atoms with Crippen molar-refractivity contribution in [2.75, 3.05) is 26.2 Å². The lowest BCUT2D eigenvalue weighted by Gasteiger charge is -2.33. The van der Waals surface area contributed by atoms with Crippen molar-refractivity contribution in [1.82, 2.24) is 14.4 Å². The molecule has 0 spiro atoms. The van der Waals surface area contributed by atoms with E-state index in [0.29, 0.717) is 26.2 Å². The highest BCUT2D eigenvalue weighted by molar-refractivity contribution is 7.92.